The molecule has 0 amide bonds. The van der Waals surface area contributed by atoms with Gasteiger partial charge in [0.1, 0.15) is 23.6 Å². The fourth-order valence-electron chi connectivity index (χ4n) is 6.29. The number of hydrogen-bond acceptors (Lipinski definition) is 9. The van der Waals surface area contributed by atoms with Crippen LogP contribution in [0.1, 0.15) is 31.7 Å². The van der Waals surface area contributed by atoms with Crippen molar-refractivity contribution in [1.82, 2.24) is 24.3 Å². The second kappa shape index (κ2) is 11.5. The molecule has 12 nitrogen and oxygen atoms in total. The SMILES string of the molecule is CN1CCN(C2CCC(n3cc(-c4ccc(NS(=O)(=O)c5ccccc5[N+](=O)[O-])c(F)c4)c4c(N)ncnc43)CC2)CC1. The van der Waals surface area contributed by atoms with E-state index in [0.717, 1.165) is 64.0 Å². The summed E-state index contributed by atoms with van der Waals surface area (Å²) in [5, 5.41) is 12.0. The van der Waals surface area contributed by atoms with E-state index in [9.17, 15) is 18.5 Å². The number of anilines is 2. The molecule has 3 heterocycles. The van der Waals surface area contributed by atoms with Gasteiger partial charge in [-0.15, -0.1) is 0 Å². The number of nitrogens with two attached hydrogens (primary N) is 1. The number of aromatic nitrogens is 3. The molecule has 2 aromatic carbocycles. The molecular weight excluding hydrogens is 575 g/mol. The molecule has 14 heteroatoms. The van der Waals surface area contributed by atoms with E-state index < -0.39 is 31.3 Å². The Bertz CT molecular complexity index is 1780. The summed E-state index contributed by atoms with van der Waals surface area (Å²) in [6.45, 7) is 4.35. The second-order valence-corrected chi connectivity index (χ2v) is 12.9. The Morgan fingerprint density at radius 3 is 2.42 bits per heavy atom. The number of nitrogens with one attached hydrogen (secondary N) is 1. The lowest BCUT2D eigenvalue weighted by molar-refractivity contribution is -0.387. The molecule has 3 N–H and O–H groups in total. The van der Waals surface area contributed by atoms with Crippen LogP contribution in [0.5, 0.6) is 0 Å². The highest BCUT2D eigenvalue weighted by Gasteiger charge is 2.30. The molecule has 4 aromatic rings. The van der Waals surface area contributed by atoms with Gasteiger partial charge in [-0.1, -0.05) is 18.2 Å². The highest BCUT2D eigenvalue weighted by Crippen LogP contribution is 2.40. The molecule has 43 heavy (non-hydrogen) atoms. The minimum Gasteiger partial charge on any atom is -0.383 e. The number of piperazine rings is 1. The van der Waals surface area contributed by atoms with Gasteiger partial charge in [0, 0.05) is 56.1 Å². The number of benzene rings is 2. The van der Waals surface area contributed by atoms with Gasteiger partial charge in [0.25, 0.3) is 15.7 Å². The zero-order valence-corrected chi connectivity index (χ0v) is 24.5. The maximum Gasteiger partial charge on any atom is 0.289 e. The summed E-state index contributed by atoms with van der Waals surface area (Å²) in [6, 6.07) is 9.75. The van der Waals surface area contributed by atoms with E-state index in [1.165, 1.54) is 30.6 Å². The first-order valence-corrected chi connectivity index (χ1v) is 15.7. The third-order valence-electron chi connectivity index (χ3n) is 8.63. The van der Waals surface area contributed by atoms with Crippen LogP contribution >= 0.6 is 0 Å². The fraction of sp³-hybridized carbons (Fsp3) is 0.379. The predicted octanol–water partition coefficient (Wildman–Crippen LogP) is 4.26. The van der Waals surface area contributed by atoms with E-state index in [0.29, 0.717) is 28.2 Å². The zero-order chi connectivity index (χ0) is 30.3. The first kappa shape index (κ1) is 29.0. The van der Waals surface area contributed by atoms with Crippen LogP contribution in [0.2, 0.25) is 0 Å². The summed E-state index contributed by atoms with van der Waals surface area (Å²) in [5.74, 6) is -0.574. The molecule has 2 aliphatic rings. The molecule has 1 saturated heterocycles. The average molecular weight is 609 g/mol. The highest BCUT2D eigenvalue weighted by atomic mass is 32.2. The van der Waals surface area contributed by atoms with Crippen LogP contribution in [0, 0.1) is 15.9 Å². The van der Waals surface area contributed by atoms with Crippen molar-refractivity contribution in [2.75, 3.05) is 43.7 Å². The van der Waals surface area contributed by atoms with Crippen molar-refractivity contribution in [3.63, 3.8) is 0 Å². The Hall–Kier alpha value is -4.14. The van der Waals surface area contributed by atoms with E-state index in [-0.39, 0.29) is 17.5 Å². The van der Waals surface area contributed by atoms with Crippen molar-refractivity contribution in [2.45, 2.75) is 42.7 Å². The lowest BCUT2D eigenvalue weighted by Crippen LogP contribution is -2.49. The maximum absolute atomic E-state index is 15.4. The molecule has 0 atom stereocenters. The third-order valence-corrected chi connectivity index (χ3v) is 10.0. The second-order valence-electron chi connectivity index (χ2n) is 11.2. The number of nitrogen functional groups attached to an aromatic ring is 1. The molecule has 0 bridgehead atoms. The summed E-state index contributed by atoms with van der Waals surface area (Å²) in [4.78, 5) is 23.7. The average Bonchev–Trinajstić information content (AvgIpc) is 3.40. The van der Waals surface area contributed by atoms with Gasteiger partial charge >= 0.3 is 0 Å². The molecule has 2 aromatic heterocycles. The molecule has 0 spiro atoms. The number of likely N-dealkylation sites (N-methyl/N-ethyl adjacent to an activating group) is 1. The summed E-state index contributed by atoms with van der Waals surface area (Å²) in [6.07, 6.45) is 7.47. The van der Waals surface area contributed by atoms with Gasteiger partial charge in [-0.3, -0.25) is 19.7 Å². The largest absolute Gasteiger partial charge is 0.383 e. The number of nitro benzene ring substituents is 1. The number of rotatable bonds is 7. The zero-order valence-electron chi connectivity index (χ0n) is 23.7. The van der Waals surface area contributed by atoms with E-state index in [1.807, 2.05) is 6.20 Å². The summed E-state index contributed by atoms with van der Waals surface area (Å²) in [5.41, 5.74) is 7.15. The van der Waals surface area contributed by atoms with Crippen LogP contribution in [0.4, 0.5) is 21.6 Å². The van der Waals surface area contributed by atoms with Crippen LogP contribution in [-0.2, 0) is 10.0 Å². The van der Waals surface area contributed by atoms with Gasteiger partial charge in [0.2, 0.25) is 0 Å². The predicted molar refractivity (Wildman–Crippen MR) is 162 cm³/mol. The number of fused-ring (bicyclic) bond motifs is 1. The summed E-state index contributed by atoms with van der Waals surface area (Å²) >= 11 is 0. The van der Waals surface area contributed by atoms with Crippen molar-refractivity contribution in [1.29, 1.82) is 0 Å². The third kappa shape index (κ3) is 5.65. The van der Waals surface area contributed by atoms with Gasteiger partial charge in [-0.25, -0.2) is 22.8 Å². The number of nitro groups is 1. The van der Waals surface area contributed by atoms with Gasteiger partial charge < -0.3 is 15.2 Å². The van der Waals surface area contributed by atoms with Crippen LogP contribution in [-0.4, -0.2) is 76.9 Å². The first-order chi connectivity index (χ1) is 20.6. The van der Waals surface area contributed by atoms with Crippen molar-refractivity contribution >= 4 is 38.2 Å². The Kier molecular flexibility index (Phi) is 7.75. The quantitative estimate of drug-likeness (QED) is 0.232. The number of nitrogens with zero attached hydrogens (tertiary/aromatic N) is 6. The highest BCUT2D eigenvalue weighted by molar-refractivity contribution is 7.92. The number of sulfonamides is 1. The molecule has 2 fully saturated rings. The Balaban J connectivity index is 1.27. The first-order valence-electron chi connectivity index (χ1n) is 14.2. The van der Waals surface area contributed by atoms with Crippen LogP contribution < -0.4 is 10.5 Å². The number of halogens is 1. The fourth-order valence-corrected chi connectivity index (χ4v) is 7.54. The molecule has 1 saturated carbocycles. The van der Waals surface area contributed by atoms with E-state index in [4.69, 9.17) is 5.73 Å². The number of para-hydroxylation sites is 1. The Labute approximate surface area is 248 Å². The smallest absolute Gasteiger partial charge is 0.289 e. The summed E-state index contributed by atoms with van der Waals surface area (Å²) < 4.78 is 45.6. The van der Waals surface area contributed by atoms with E-state index >= 15 is 4.39 Å². The maximum atomic E-state index is 15.4. The molecule has 1 aliphatic carbocycles. The summed E-state index contributed by atoms with van der Waals surface area (Å²) in [7, 11) is -2.28. The van der Waals surface area contributed by atoms with Gasteiger partial charge in [0.05, 0.1) is 16.0 Å². The van der Waals surface area contributed by atoms with Crippen LogP contribution in [0.15, 0.2) is 59.9 Å². The van der Waals surface area contributed by atoms with E-state index in [1.54, 1.807) is 6.07 Å². The monoisotopic (exact) mass is 608 g/mol. The molecule has 0 radical (unpaired) electrons. The Morgan fingerprint density at radius 1 is 1.02 bits per heavy atom. The molecule has 6 rings (SSSR count). The molecule has 0 unspecified atom stereocenters. The minimum atomic E-state index is -4.44. The normalized spacial score (nSPS) is 20.3. The van der Waals surface area contributed by atoms with E-state index in [2.05, 4.69) is 36.1 Å². The standard InChI is InChI=1S/C29H33FN8O4S/c1-35-12-14-36(15-13-35)20-7-9-21(10-8-20)37-17-22(27-28(31)32-18-33-29(27)37)19-6-11-24(23(30)16-19)34-43(41,42)26-5-3-2-4-25(26)38(39)40/h2-6,11,16-18,20-21,34H,7-10,12-15H2,1H3,(H2,31,32,33). The van der Waals surface area contributed by atoms with Crippen molar-refractivity contribution in [3.8, 4) is 11.1 Å². The van der Waals surface area contributed by atoms with Crippen molar-refractivity contribution in [3.05, 3.63) is 70.9 Å². The van der Waals surface area contributed by atoms with Crippen molar-refractivity contribution < 1.29 is 17.7 Å². The van der Waals surface area contributed by atoms with Gasteiger partial charge in [-0.2, -0.15) is 0 Å². The van der Waals surface area contributed by atoms with Gasteiger partial charge in [-0.05, 0) is 56.5 Å². The molecule has 1 aliphatic heterocycles. The topological polar surface area (TPSA) is 153 Å². The van der Waals surface area contributed by atoms with Crippen LogP contribution in [0.3, 0.4) is 0 Å². The number of hydrogen-bond donors (Lipinski definition) is 2. The van der Waals surface area contributed by atoms with Crippen molar-refractivity contribution in [2.24, 2.45) is 0 Å². The minimum absolute atomic E-state index is 0.201. The molecular formula is C29H33FN8O4S. The lowest BCUT2D eigenvalue weighted by atomic mass is 9.89. The molecule has 226 valence electrons. The van der Waals surface area contributed by atoms with Crippen LogP contribution in [0.25, 0.3) is 22.2 Å². The van der Waals surface area contributed by atoms with Gasteiger partial charge in [0.15, 0.2) is 4.90 Å². The Morgan fingerprint density at radius 2 is 1.72 bits per heavy atom. The lowest BCUT2D eigenvalue weighted by Gasteiger charge is -2.41.